The number of primary amides is 1. The summed E-state index contributed by atoms with van der Waals surface area (Å²) >= 11 is 0. The average Bonchev–Trinajstić information content (AvgIpc) is 2.49. The van der Waals surface area contributed by atoms with Crippen LogP contribution in [-0.2, 0) is 9.59 Å². The van der Waals surface area contributed by atoms with Crippen LogP contribution in [0.4, 0.5) is 0 Å². The van der Waals surface area contributed by atoms with Crippen molar-refractivity contribution in [1.29, 1.82) is 0 Å². The number of nitrogens with two attached hydrogens (primary N) is 1. The van der Waals surface area contributed by atoms with E-state index in [1.54, 1.807) is 0 Å². The number of aliphatic hydroxyl groups is 1. The molecular weight excluding hydrogens is 184 g/mol. The predicted molar refractivity (Wildman–Crippen MR) is 50.2 cm³/mol. The highest BCUT2D eigenvalue weighted by atomic mass is 16.3. The fourth-order valence-corrected chi connectivity index (χ4v) is 1.82. The molecule has 5 heteroatoms. The first kappa shape index (κ1) is 11.0. The maximum Gasteiger partial charge on any atom is 0.240 e. The Morgan fingerprint density at radius 3 is 2.79 bits per heavy atom. The van der Waals surface area contributed by atoms with Crippen molar-refractivity contribution in [3.63, 3.8) is 0 Å². The molecule has 0 aromatic carbocycles. The van der Waals surface area contributed by atoms with Crippen LogP contribution in [0, 0.1) is 5.92 Å². The van der Waals surface area contributed by atoms with Crippen molar-refractivity contribution in [2.75, 3.05) is 13.2 Å². The van der Waals surface area contributed by atoms with Crippen LogP contribution >= 0.6 is 0 Å². The summed E-state index contributed by atoms with van der Waals surface area (Å²) in [6.45, 7) is 2.19. The fraction of sp³-hybridized carbons (Fsp3) is 0.778. The number of carbonyl (C=O) groups excluding carboxylic acids is 2. The summed E-state index contributed by atoms with van der Waals surface area (Å²) in [5.41, 5.74) is 5.18. The highest BCUT2D eigenvalue weighted by Gasteiger charge is 2.36. The van der Waals surface area contributed by atoms with Gasteiger partial charge in [0.15, 0.2) is 0 Å². The lowest BCUT2D eigenvalue weighted by Crippen LogP contribution is -2.45. The lowest BCUT2D eigenvalue weighted by Gasteiger charge is -2.24. The Morgan fingerprint density at radius 1 is 1.79 bits per heavy atom. The second kappa shape index (κ2) is 4.41. The van der Waals surface area contributed by atoms with E-state index in [-0.39, 0.29) is 18.4 Å². The first-order valence-corrected chi connectivity index (χ1v) is 4.82. The normalized spacial score (nSPS) is 24.0. The number of amides is 2. The van der Waals surface area contributed by atoms with E-state index >= 15 is 0 Å². The van der Waals surface area contributed by atoms with Crippen molar-refractivity contribution in [3.8, 4) is 0 Å². The van der Waals surface area contributed by atoms with Crippen molar-refractivity contribution in [2.24, 2.45) is 11.7 Å². The van der Waals surface area contributed by atoms with E-state index in [2.05, 4.69) is 0 Å². The van der Waals surface area contributed by atoms with E-state index in [0.29, 0.717) is 19.4 Å². The molecule has 1 fully saturated rings. The van der Waals surface area contributed by atoms with Gasteiger partial charge in [-0.1, -0.05) is 6.92 Å². The van der Waals surface area contributed by atoms with Crippen LogP contribution in [0.15, 0.2) is 0 Å². The smallest absolute Gasteiger partial charge is 0.240 e. The average molecular weight is 200 g/mol. The van der Waals surface area contributed by atoms with E-state index in [1.165, 1.54) is 4.90 Å². The highest BCUT2D eigenvalue weighted by molar-refractivity contribution is 5.88. The van der Waals surface area contributed by atoms with Gasteiger partial charge in [-0.25, -0.2) is 0 Å². The van der Waals surface area contributed by atoms with Crippen LogP contribution in [0.25, 0.3) is 0 Å². The molecule has 1 heterocycles. The lowest BCUT2D eigenvalue weighted by atomic mass is 10.1. The quantitative estimate of drug-likeness (QED) is 0.616. The molecule has 0 saturated carbocycles. The number of rotatable bonds is 4. The molecule has 0 bridgehead atoms. The number of aliphatic hydroxyl groups excluding tert-OH is 1. The van der Waals surface area contributed by atoms with Gasteiger partial charge in [0.1, 0.15) is 6.04 Å². The first-order valence-electron chi connectivity index (χ1n) is 4.82. The summed E-state index contributed by atoms with van der Waals surface area (Å²) in [6.07, 6.45) is 1.14. The van der Waals surface area contributed by atoms with E-state index in [4.69, 9.17) is 10.8 Å². The number of nitrogens with zero attached hydrogens (tertiary/aromatic N) is 1. The van der Waals surface area contributed by atoms with Gasteiger partial charge in [-0.2, -0.15) is 0 Å². The molecule has 2 amide bonds. The minimum Gasteiger partial charge on any atom is -0.396 e. The third kappa shape index (κ3) is 1.87. The van der Waals surface area contributed by atoms with Gasteiger partial charge in [0.05, 0.1) is 12.5 Å². The third-order valence-corrected chi connectivity index (χ3v) is 2.66. The molecule has 0 radical (unpaired) electrons. The van der Waals surface area contributed by atoms with Crippen LogP contribution in [-0.4, -0.2) is 41.0 Å². The minimum absolute atomic E-state index is 0.148. The molecule has 3 N–H and O–H groups in total. The maximum absolute atomic E-state index is 11.6. The molecule has 5 nitrogen and oxygen atoms in total. The summed E-state index contributed by atoms with van der Waals surface area (Å²) in [5.74, 6) is -0.971. The van der Waals surface area contributed by atoms with Gasteiger partial charge in [0.2, 0.25) is 11.8 Å². The van der Waals surface area contributed by atoms with Crippen LogP contribution in [0.1, 0.15) is 19.8 Å². The molecule has 0 spiro atoms. The third-order valence-electron chi connectivity index (χ3n) is 2.66. The number of likely N-dealkylation sites (tertiary alicyclic amines) is 1. The van der Waals surface area contributed by atoms with Crippen LogP contribution in [0.3, 0.4) is 0 Å². The molecule has 1 saturated heterocycles. The molecule has 1 aliphatic heterocycles. The topological polar surface area (TPSA) is 83.6 Å². The molecule has 0 aromatic rings. The van der Waals surface area contributed by atoms with E-state index < -0.39 is 11.9 Å². The summed E-state index contributed by atoms with van der Waals surface area (Å²) in [6, 6.07) is -0.515. The Kier molecular flexibility index (Phi) is 3.46. The Morgan fingerprint density at radius 2 is 2.43 bits per heavy atom. The number of carbonyl (C=O) groups is 2. The zero-order valence-corrected chi connectivity index (χ0v) is 8.27. The molecule has 0 aliphatic carbocycles. The Labute approximate surface area is 82.9 Å². The summed E-state index contributed by atoms with van der Waals surface area (Å²) < 4.78 is 0. The van der Waals surface area contributed by atoms with Gasteiger partial charge in [0.25, 0.3) is 0 Å². The molecule has 0 unspecified atom stereocenters. The van der Waals surface area contributed by atoms with Crippen molar-refractivity contribution >= 4 is 11.8 Å². The highest BCUT2D eigenvalue weighted by Crippen LogP contribution is 2.20. The molecule has 14 heavy (non-hydrogen) atoms. The van der Waals surface area contributed by atoms with E-state index in [9.17, 15) is 9.59 Å². The number of hydrogen-bond donors (Lipinski definition) is 2. The van der Waals surface area contributed by atoms with E-state index in [0.717, 1.165) is 0 Å². The maximum atomic E-state index is 11.6. The van der Waals surface area contributed by atoms with Crippen molar-refractivity contribution in [3.05, 3.63) is 0 Å². The zero-order chi connectivity index (χ0) is 10.7. The van der Waals surface area contributed by atoms with Crippen LogP contribution in [0.5, 0.6) is 0 Å². The molecule has 1 rings (SSSR count). The predicted octanol–water partition coefficient (Wildman–Crippen LogP) is -0.909. The molecule has 1 aliphatic rings. The molecule has 0 aromatic heterocycles. The first-order chi connectivity index (χ1) is 6.61. The van der Waals surface area contributed by atoms with Gasteiger partial charge >= 0.3 is 0 Å². The monoisotopic (exact) mass is 200 g/mol. The Bertz CT molecular complexity index is 242. The molecular formula is C9H16N2O3. The van der Waals surface area contributed by atoms with Gasteiger partial charge in [-0.05, 0) is 12.8 Å². The van der Waals surface area contributed by atoms with Crippen molar-refractivity contribution < 1.29 is 14.7 Å². The summed E-state index contributed by atoms with van der Waals surface area (Å²) in [7, 11) is 0. The van der Waals surface area contributed by atoms with Crippen LogP contribution in [0.2, 0.25) is 0 Å². The summed E-state index contributed by atoms with van der Waals surface area (Å²) in [4.78, 5) is 24.1. The minimum atomic E-state index is -0.515. The Balaban J connectivity index is 2.70. The lowest BCUT2D eigenvalue weighted by molar-refractivity contribution is -0.139. The largest absolute Gasteiger partial charge is 0.396 e. The van der Waals surface area contributed by atoms with E-state index in [1.807, 2.05) is 6.92 Å². The van der Waals surface area contributed by atoms with Gasteiger partial charge < -0.3 is 15.7 Å². The fourth-order valence-electron chi connectivity index (χ4n) is 1.82. The Hall–Kier alpha value is -1.10. The van der Waals surface area contributed by atoms with Crippen molar-refractivity contribution in [2.45, 2.75) is 25.8 Å². The second-order valence-electron chi connectivity index (χ2n) is 3.53. The van der Waals surface area contributed by atoms with Gasteiger partial charge in [-0.15, -0.1) is 0 Å². The van der Waals surface area contributed by atoms with Gasteiger partial charge in [-0.3, -0.25) is 9.59 Å². The summed E-state index contributed by atoms with van der Waals surface area (Å²) in [5, 5.41) is 8.88. The van der Waals surface area contributed by atoms with Crippen LogP contribution < -0.4 is 5.73 Å². The standard InChI is InChI=1S/C9H16N2O3/c1-2-7(8(10)13)11-4-3-6(5-12)9(11)14/h6-7,12H,2-5H2,1H3,(H2,10,13)/t6-,7+/m1/s1. The van der Waals surface area contributed by atoms with Crippen molar-refractivity contribution in [1.82, 2.24) is 4.90 Å². The zero-order valence-electron chi connectivity index (χ0n) is 8.27. The van der Waals surface area contributed by atoms with Gasteiger partial charge in [0, 0.05) is 6.54 Å². The molecule has 80 valence electrons. The molecule has 2 atom stereocenters. The second-order valence-corrected chi connectivity index (χ2v) is 3.53. The number of hydrogen-bond acceptors (Lipinski definition) is 3. The SMILES string of the molecule is CC[C@@H](C(N)=O)N1CC[C@H](CO)C1=O.